The Morgan fingerprint density at radius 3 is 1.55 bits per heavy atom. The van der Waals surface area contributed by atoms with Crippen LogP contribution in [0.15, 0.2) is 0 Å². The van der Waals surface area contributed by atoms with E-state index in [-0.39, 0.29) is 11.8 Å². The van der Waals surface area contributed by atoms with Crippen molar-refractivity contribution in [3.05, 3.63) is 0 Å². The molecule has 0 aromatic heterocycles. The number of rotatable bonds is 5. The second kappa shape index (κ2) is 6.48. The van der Waals surface area contributed by atoms with Crippen molar-refractivity contribution in [2.75, 3.05) is 0 Å². The van der Waals surface area contributed by atoms with Crippen molar-refractivity contribution in [2.45, 2.75) is 43.5 Å². The predicted molar refractivity (Wildman–Crippen MR) is 79.7 cm³/mol. The van der Waals surface area contributed by atoms with Crippen LogP contribution in [0, 0.1) is 35.5 Å². The monoisotopic (exact) mass is 491 g/mol. The van der Waals surface area contributed by atoms with Crippen molar-refractivity contribution < 1.29 is 61.8 Å². The van der Waals surface area contributed by atoms with Gasteiger partial charge in [-0.3, -0.25) is 9.59 Å². The van der Waals surface area contributed by atoms with Crippen molar-refractivity contribution in [3.63, 3.8) is 0 Å². The lowest BCUT2D eigenvalue weighted by atomic mass is 9.70. The summed E-state index contributed by atoms with van der Waals surface area (Å²) in [7, 11) is -7.36. The molecule has 178 valence electrons. The van der Waals surface area contributed by atoms with Crippen molar-refractivity contribution in [1.82, 2.24) is 5.06 Å². The molecule has 6 atom stereocenters. The van der Waals surface area contributed by atoms with Gasteiger partial charge in [0.25, 0.3) is 11.8 Å². The zero-order chi connectivity index (χ0) is 24.1. The Morgan fingerprint density at radius 1 is 0.806 bits per heavy atom. The number of carbonyl (C=O) groups excluding carboxylic acids is 2. The summed E-state index contributed by atoms with van der Waals surface area (Å²) in [5.74, 6) is -21.6. The van der Waals surface area contributed by atoms with Crippen LogP contribution in [-0.2, 0) is 24.0 Å². The standard InChI is InChI=1S/C15H14F9NO5S/c1-4-5(2)7-3-6(4)8-9(7)11(27)25(10(8)26)30-31(28,29)15(23,24)13(18,19)12(16,17)14(20,21)22/h4-9H,3H2,1-2H3. The van der Waals surface area contributed by atoms with Crippen LogP contribution >= 0.6 is 0 Å². The minimum Gasteiger partial charge on any atom is -0.272 e. The number of hydrogen-bond donors (Lipinski definition) is 0. The first-order valence-electron chi connectivity index (χ1n) is 8.74. The SMILES string of the molecule is CC1C(C)C2CC1C1C(=O)N(OS(=O)(=O)C(F)(F)C(F)(F)C(F)(F)C(F)(F)F)C(=O)C21. The van der Waals surface area contributed by atoms with E-state index in [4.69, 9.17) is 0 Å². The van der Waals surface area contributed by atoms with Gasteiger partial charge in [-0.05, 0) is 30.1 Å². The number of fused-ring (bicyclic) bond motifs is 5. The highest BCUT2D eigenvalue weighted by Crippen LogP contribution is 2.61. The van der Waals surface area contributed by atoms with E-state index in [0.29, 0.717) is 6.42 Å². The van der Waals surface area contributed by atoms with E-state index in [2.05, 4.69) is 4.28 Å². The molecule has 3 fully saturated rings. The molecular weight excluding hydrogens is 477 g/mol. The zero-order valence-corrected chi connectivity index (χ0v) is 16.3. The largest absolute Gasteiger partial charge is 0.460 e. The van der Waals surface area contributed by atoms with Gasteiger partial charge in [0, 0.05) is 0 Å². The van der Waals surface area contributed by atoms with E-state index in [9.17, 15) is 57.5 Å². The Hall–Kier alpha value is -1.58. The molecule has 3 aliphatic rings. The lowest BCUT2D eigenvalue weighted by Gasteiger charge is -2.32. The van der Waals surface area contributed by atoms with Gasteiger partial charge in [-0.1, -0.05) is 13.8 Å². The van der Waals surface area contributed by atoms with Crippen LogP contribution in [0.25, 0.3) is 0 Å². The summed E-state index contributed by atoms with van der Waals surface area (Å²) in [5.41, 5.74) is 0. The minimum absolute atomic E-state index is 0.143. The molecule has 31 heavy (non-hydrogen) atoms. The molecule has 6 unspecified atom stereocenters. The van der Waals surface area contributed by atoms with E-state index < -0.39 is 73.9 Å². The first-order chi connectivity index (χ1) is 13.7. The fourth-order valence-corrected chi connectivity index (χ4v) is 5.67. The highest BCUT2D eigenvalue weighted by Gasteiger charge is 2.86. The number of halogens is 9. The number of alkyl halides is 9. The lowest BCUT2D eigenvalue weighted by molar-refractivity contribution is -0.383. The maximum Gasteiger partial charge on any atom is 0.460 e. The van der Waals surface area contributed by atoms with E-state index in [1.807, 2.05) is 0 Å². The Morgan fingerprint density at radius 2 is 1.19 bits per heavy atom. The summed E-state index contributed by atoms with van der Waals surface area (Å²) in [6.07, 6.45) is -6.88. The second-order valence-corrected chi connectivity index (χ2v) is 9.57. The summed E-state index contributed by atoms with van der Waals surface area (Å²) < 4.78 is 144. The van der Waals surface area contributed by atoms with Crippen LogP contribution < -0.4 is 0 Å². The summed E-state index contributed by atoms with van der Waals surface area (Å²) in [6, 6.07) is 0. The fourth-order valence-electron chi connectivity index (χ4n) is 4.79. The summed E-state index contributed by atoms with van der Waals surface area (Å²) in [5, 5.41) is -7.90. The third-order valence-electron chi connectivity index (χ3n) is 6.61. The van der Waals surface area contributed by atoms with Gasteiger partial charge in [-0.2, -0.15) is 47.9 Å². The molecule has 1 saturated heterocycles. The predicted octanol–water partition coefficient (Wildman–Crippen LogP) is 3.20. The number of amides is 2. The van der Waals surface area contributed by atoms with Crippen LogP contribution in [0.3, 0.4) is 0 Å². The van der Waals surface area contributed by atoms with Gasteiger partial charge in [-0.15, -0.1) is 9.35 Å². The van der Waals surface area contributed by atoms with Crippen LogP contribution in [0.2, 0.25) is 0 Å². The van der Waals surface area contributed by atoms with Gasteiger partial charge in [0.1, 0.15) is 0 Å². The summed E-state index contributed by atoms with van der Waals surface area (Å²) in [6.45, 7) is 3.44. The van der Waals surface area contributed by atoms with Gasteiger partial charge in [0.05, 0.1) is 11.8 Å². The van der Waals surface area contributed by atoms with Crippen molar-refractivity contribution >= 4 is 21.9 Å². The second-order valence-electron chi connectivity index (χ2n) is 8.00. The highest BCUT2D eigenvalue weighted by molar-refractivity contribution is 7.87. The molecular formula is C15H14F9NO5S. The molecule has 16 heteroatoms. The molecule has 0 aromatic rings. The first-order valence-corrected chi connectivity index (χ1v) is 10.1. The molecule has 1 heterocycles. The molecule has 0 N–H and O–H groups in total. The van der Waals surface area contributed by atoms with Crippen molar-refractivity contribution in [3.8, 4) is 0 Å². The number of hydroxylamine groups is 2. The molecule has 0 radical (unpaired) electrons. The molecule has 3 rings (SSSR count). The van der Waals surface area contributed by atoms with Gasteiger partial charge < -0.3 is 0 Å². The van der Waals surface area contributed by atoms with Gasteiger partial charge >= 0.3 is 33.4 Å². The Kier molecular flexibility index (Phi) is 5.03. The van der Waals surface area contributed by atoms with E-state index in [1.165, 1.54) is 0 Å². The van der Waals surface area contributed by atoms with Crippen LogP contribution in [-0.4, -0.2) is 48.6 Å². The zero-order valence-electron chi connectivity index (χ0n) is 15.5. The van der Waals surface area contributed by atoms with Crippen molar-refractivity contribution in [2.24, 2.45) is 35.5 Å². The molecule has 0 aromatic carbocycles. The molecule has 2 aliphatic carbocycles. The number of carbonyl (C=O) groups is 2. The molecule has 2 saturated carbocycles. The summed E-state index contributed by atoms with van der Waals surface area (Å²) in [4.78, 5) is 24.8. The van der Waals surface area contributed by atoms with Crippen LogP contribution in [0.4, 0.5) is 39.5 Å². The number of nitrogens with zero attached hydrogens (tertiary/aromatic N) is 1. The molecule has 2 bridgehead atoms. The van der Waals surface area contributed by atoms with E-state index in [0.717, 1.165) is 0 Å². The third kappa shape index (κ3) is 2.85. The van der Waals surface area contributed by atoms with Crippen LogP contribution in [0.1, 0.15) is 20.3 Å². The Labute approximate surface area is 168 Å². The Bertz CT molecular complexity index is 886. The van der Waals surface area contributed by atoms with Gasteiger partial charge in [0.2, 0.25) is 0 Å². The third-order valence-corrected chi connectivity index (χ3v) is 7.84. The normalized spacial score (nSPS) is 34.6. The molecule has 6 nitrogen and oxygen atoms in total. The summed E-state index contributed by atoms with van der Waals surface area (Å²) >= 11 is 0. The van der Waals surface area contributed by atoms with Crippen LogP contribution in [0.5, 0.6) is 0 Å². The van der Waals surface area contributed by atoms with Gasteiger partial charge in [0.15, 0.2) is 0 Å². The average Bonchev–Trinajstić information content (AvgIpc) is 3.21. The smallest absolute Gasteiger partial charge is 0.272 e. The minimum atomic E-state index is -7.53. The lowest BCUT2D eigenvalue weighted by Crippen LogP contribution is -2.64. The first kappa shape index (κ1) is 24.1. The fraction of sp³-hybridized carbons (Fsp3) is 0.867. The molecule has 0 spiro atoms. The average molecular weight is 491 g/mol. The van der Waals surface area contributed by atoms with E-state index >= 15 is 0 Å². The van der Waals surface area contributed by atoms with Crippen molar-refractivity contribution in [1.29, 1.82) is 0 Å². The van der Waals surface area contributed by atoms with Gasteiger partial charge in [-0.25, -0.2) is 0 Å². The topological polar surface area (TPSA) is 80.8 Å². The maximum atomic E-state index is 13.8. The maximum absolute atomic E-state index is 13.8. The molecule has 1 aliphatic heterocycles. The number of hydrogen-bond acceptors (Lipinski definition) is 5. The highest BCUT2D eigenvalue weighted by atomic mass is 32.2. The Balaban J connectivity index is 1.92. The molecule has 2 amide bonds. The number of imide groups is 1. The van der Waals surface area contributed by atoms with E-state index in [1.54, 1.807) is 13.8 Å². The quantitative estimate of drug-likeness (QED) is 0.436.